The molecule has 3 fully saturated rings. The van der Waals surface area contributed by atoms with Crippen LogP contribution in [0.15, 0.2) is 6.07 Å². The van der Waals surface area contributed by atoms with Crippen LogP contribution in [0.25, 0.3) is 0 Å². The van der Waals surface area contributed by atoms with Gasteiger partial charge in [-0.2, -0.15) is 0 Å². The van der Waals surface area contributed by atoms with Crippen molar-refractivity contribution in [2.75, 3.05) is 57.4 Å². The van der Waals surface area contributed by atoms with Crippen LogP contribution in [0, 0.1) is 13.8 Å². The van der Waals surface area contributed by atoms with Crippen LogP contribution in [0.5, 0.6) is 0 Å². The molecular formula is C20H33N5O2. The molecule has 0 amide bonds. The Morgan fingerprint density at radius 2 is 1.59 bits per heavy atom. The Bertz CT molecular complexity index is 615. The van der Waals surface area contributed by atoms with Crippen LogP contribution in [-0.2, 0) is 4.74 Å². The Morgan fingerprint density at radius 3 is 2.26 bits per heavy atom. The van der Waals surface area contributed by atoms with Gasteiger partial charge < -0.3 is 14.7 Å². The molecule has 2 atom stereocenters. The highest BCUT2D eigenvalue weighted by molar-refractivity contribution is 5.32. The van der Waals surface area contributed by atoms with E-state index in [0.717, 1.165) is 56.6 Å². The molecule has 4 heterocycles. The van der Waals surface area contributed by atoms with Gasteiger partial charge in [-0.25, -0.2) is 9.97 Å². The zero-order valence-electron chi connectivity index (χ0n) is 16.7. The molecule has 3 aliphatic heterocycles. The van der Waals surface area contributed by atoms with Crippen molar-refractivity contribution in [3.05, 3.63) is 17.5 Å². The summed E-state index contributed by atoms with van der Waals surface area (Å²) in [6.07, 6.45) is 3.19. The summed E-state index contributed by atoms with van der Waals surface area (Å²) in [5.41, 5.74) is 2.09. The summed E-state index contributed by atoms with van der Waals surface area (Å²) in [5, 5.41) is 10.1. The van der Waals surface area contributed by atoms with Crippen LogP contribution in [0.1, 0.15) is 30.7 Å². The molecule has 2 unspecified atom stereocenters. The number of aryl methyl sites for hydroxylation is 2. The highest BCUT2D eigenvalue weighted by Crippen LogP contribution is 2.23. The second kappa shape index (κ2) is 8.39. The van der Waals surface area contributed by atoms with Gasteiger partial charge in [0.1, 0.15) is 0 Å². The first-order valence-corrected chi connectivity index (χ1v) is 10.4. The number of piperidine rings is 1. The van der Waals surface area contributed by atoms with Gasteiger partial charge >= 0.3 is 0 Å². The second-order valence-corrected chi connectivity index (χ2v) is 8.27. The molecule has 0 aromatic carbocycles. The van der Waals surface area contributed by atoms with Crippen molar-refractivity contribution in [3.63, 3.8) is 0 Å². The average Bonchev–Trinajstić information content (AvgIpc) is 2.93. The number of nitrogens with zero attached hydrogens (tertiary/aromatic N) is 5. The van der Waals surface area contributed by atoms with Gasteiger partial charge in [-0.15, -0.1) is 0 Å². The summed E-state index contributed by atoms with van der Waals surface area (Å²) < 4.78 is 5.45. The largest absolute Gasteiger partial charge is 0.389 e. The molecule has 7 heteroatoms. The first kappa shape index (κ1) is 19.1. The standard InChI is InChI=1S/C20H33N5O2/c1-15-12-16(2)22-20(21-15)25-8-4-17(5-9-25)23-6-3-7-24(11-10-23)18-13-27-14-19(18)26/h12,17-19,26H,3-11,13-14H2,1-2H3. The molecule has 7 nitrogen and oxygen atoms in total. The van der Waals surface area contributed by atoms with E-state index in [4.69, 9.17) is 4.74 Å². The predicted molar refractivity (Wildman–Crippen MR) is 105 cm³/mol. The minimum Gasteiger partial charge on any atom is -0.389 e. The maximum absolute atomic E-state index is 10.1. The zero-order chi connectivity index (χ0) is 18.8. The quantitative estimate of drug-likeness (QED) is 0.839. The third-order valence-electron chi connectivity index (χ3n) is 6.29. The van der Waals surface area contributed by atoms with E-state index in [0.29, 0.717) is 19.3 Å². The average molecular weight is 376 g/mol. The summed E-state index contributed by atoms with van der Waals surface area (Å²) in [5.74, 6) is 0.892. The van der Waals surface area contributed by atoms with Crippen LogP contribution in [0.4, 0.5) is 5.95 Å². The molecule has 27 heavy (non-hydrogen) atoms. The van der Waals surface area contributed by atoms with E-state index in [9.17, 15) is 5.11 Å². The Morgan fingerprint density at radius 1 is 0.926 bits per heavy atom. The van der Waals surface area contributed by atoms with Crippen LogP contribution in [0.3, 0.4) is 0 Å². The molecule has 150 valence electrons. The SMILES string of the molecule is Cc1cc(C)nc(N2CCC(N3CCCN(C4COCC4O)CC3)CC2)n1. The number of hydrogen-bond acceptors (Lipinski definition) is 7. The lowest BCUT2D eigenvalue weighted by Crippen LogP contribution is -2.48. The van der Waals surface area contributed by atoms with Crippen LogP contribution >= 0.6 is 0 Å². The van der Waals surface area contributed by atoms with Crippen molar-refractivity contribution in [1.82, 2.24) is 19.8 Å². The Hall–Kier alpha value is -1.28. The van der Waals surface area contributed by atoms with Gasteiger partial charge in [-0.1, -0.05) is 0 Å². The molecule has 0 spiro atoms. The maximum atomic E-state index is 10.1. The fraction of sp³-hybridized carbons (Fsp3) is 0.800. The lowest BCUT2D eigenvalue weighted by molar-refractivity contribution is 0.0819. The van der Waals surface area contributed by atoms with E-state index in [1.807, 2.05) is 19.9 Å². The van der Waals surface area contributed by atoms with Crippen molar-refractivity contribution in [1.29, 1.82) is 0 Å². The molecule has 1 aromatic rings. The monoisotopic (exact) mass is 375 g/mol. The van der Waals surface area contributed by atoms with Gasteiger partial charge in [0, 0.05) is 43.6 Å². The maximum Gasteiger partial charge on any atom is 0.225 e. The minimum absolute atomic E-state index is 0.188. The first-order valence-electron chi connectivity index (χ1n) is 10.4. The molecule has 4 rings (SSSR count). The predicted octanol–water partition coefficient (Wildman–Crippen LogP) is 0.830. The number of ether oxygens (including phenoxy) is 1. The first-order chi connectivity index (χ1) is 13.1. The van der Waals surface area contributed by atoms with Crippen molar-refractivity contribution >= 4 is 5.95 Å². The lowest BCUT2D eigenvalue weighted by Gasteiger charge is -2.38. The van der Waals surface area contributed by atoms with Crippen molar-refractivity contribution < 1.29 is 9.84 Å². The Balaban J connectivity index is 1.30. The molecule has 1 N–H and O–H groups in total. The van der Waals surface area contributed by atoms with Crippen molar-refractivity contribution in [2.24, 2.45) is 0 Å². The van der Waals surface area contributed by atoms with E-state index in [1.165, 1.54) is 19.3 Å². The van der Waals surface area contributed by atoms with Crippen LogP contribution < -0.4 is 4.90 Å². The Labute approximate surface area is 162 Å². The number of aromatic nitrogens is 2. The smallest absolute Gasteiger partial charge is 0.225 e. The van der Waals surface area contributed by atoms with E-state index in [2.05, 4.69) is 24.7 Å². The number of aliphatic hydroxyl groups excluding tert-OH is 1. The van der Waals surface area contributed by atoms with Gasteiger partial charge in [0.15, 0.2) is 0 Å². The summed E-state index contributed by atoms with van der Waals surface area (Å²) in [6, 6.07) is 2.87. The number of anilines is 1. The summed E-state index contributed by atoms with van der Waals surface area (Å²) >= 11 is 0. The number of aliphatic hydroxyl groups is 1. The number of hydrogen-bond donors (Lipinski definition) is 1. The van der Waals surface area contributed by atoms with E-state index < -0.39 is 0 Å². The third-order valence-corrected chi connectivity index (χ3v) is 6.29. The minimum atomic E-state index is -0.322. The zero-order valence-corrected chi connectivity index (χ0v) is 16.7. The second-order valence-electron chi connectivity index (χ2n) is 8.27. The molecule has 0 aliphatic carbocycles. The molecule has 0 radical (unpaired) electrons. The van der Waals surface area contributed by atoms with Gasteiger partial charge in [-0.05, 0) is 52.3 Å². The fourth-order valence-corrected chi connectivity index (χ4v) is 4.81. The third kappa shape index (κ3) is 4.42. The van der Waals surface area contributed by atoms with Crippen molar-refractivity contribution in [2.45, 2.75) is 51.3 Å². The molecule has 3 saturated heterocycles. The van der Waals surface area contributed by atoms with E-state index >= 15 is 0 Å². The van der Waals surface area contributed by atoms with Gasteiger partial charge in [0.05, 0.1) is 25.4 Å². The molecule has 0 bridgehead atoms. The summed E-state index contributed by atoms with van der Waals surface area (Å²) in [6.45, 7) is 11.7. The molecule has 3 aliphatic rings. The van der Waals surface area contributed by atoms with E-state index in [1.54, 1.807) is 0 Å². The summed E-state index contributed by atoms with van der Waals surface area (Å²) in [7, 11) is 0. The summed E-state index contributed by atoms with van der Waals surface area (Å²) in [4.78, 5) is 16.7. The topological polar surface area (TPSA) is 65.0 Å². The van der Waals surface area contributed by atoms with Crippen LogP contribution in [-0.4, -0.2) is 95.5 Å². The number of rotatable bonds is 3. The van der Waals surface area contributed by atoms with Gasteiger partial charge in [0.25, 0.3) is 0 Å². The molecule has 1 aromatic heterocycles. The van der Waals surface area contributed by atoms with Gasteiger partial charge in [0.2, 0.25) is 5.95 Å². The van der Waals surface area contributed by atoms with Gasteiger partial charge in [-0.3, -0.25) is 9.80 Å². The highest BCUT2D eigenvalue weighted by atomic mass is 16.5. The fourth-order valence-electron chi connectivity index (χ4n) is 4.81. The molecular weight excluding hydrogens is 342 g/mol. The Kier molecular flexibility index (Phi) is 5.92. The van der Waals surface area contributed by atoms with Crippen LogP contribution in [0.2, 0.25) is 0 Å². The van der Waals surface area contributed by atoms with E-state index in [-0.39, 0.29) is 12.1 Å². The highest BCUT2D eigenvalue weighted by Gasteiger charge is 2.34. The molecule has 0 saturated carbocycles. The lowest BCUT2D eigenvalue weighted by atomic mass is 10.0. The van der Waals surface area contributed by atoms with Crippen molar-refractivity contribution in [3.8, 4) is 0 Å². The normalized spacial score (nSPS) is 29.2.